The van der Waals surface area contributed by atoms with Crippen molar-refractivity contribution in [1.29, 1.82) is 5.26 Å². The Morgan fingerprint density at radius 2 is 1.76 bits per heavy atom. The maximum Gasteiger partial charge on any atom is 0.252 e. The van der Waals surface area contributed by atoms with E-state index in [0.717, 1.165) is 21.0 Å². The first-order valence-electron chi connectivity index (χ1n) is 10.8. The van der Waals surface area contributed by atoms with Crippen molar-refractivity contribution < 1.29 is 9.53 Å². The Hall–Kier alpha value is -4.08. The average Bonchev–Trinajstić information content (AvgIpc) is 2.89. The highest BCUT2D eigenvalue weighted by Gasteiger charge is 2.16. The number of nitriles is 1. The fourth-order valence-electron chi connectivity index (χ4n) is 3.38. The highest BCUT2D eigenvalue weighted by atomic mass is 32.2. The van der Waals surface area contributed by atoms with Crippen molar-refractivity contribution in [3.63, 3.8) is 0 Å². The minimum atomic E-state index is -0.227. The second-order valence-corrected chi connectivity index (χ2v) is 8.67. The van der Waals surface area contributed by atoms with Gasteiger partial charge in [0, 0.05) is 16.0 Å². The van der Waals surface area contributed by atoms with Crippen LogP contribution in [0.25, 0.3) is 0 Å². The zero-order valence-electron chi connectivity index (χ0n) is 18.6. The van der Waals surface area contributed by atoms with Crippen molar-refractivity contribution in [3.8, 4) is 11.8 Å². The Labute approximate surface area is 203 Å². The number of benzene rings is 3. The van der Waals surface area contributed by atoms with E-state index >= 15 is 0 Å². The molecule has 1 heterocycles. The third-order valence-electron chi connectivity index (χ3n) is 5.18. The first-order valence-corrected chi connectivity index (χ1v) is 11.7. The van der Waals surface area contributed by atoms with Crippen LogP contribution in [-0.2, 0) is 6.61 Å². The molecule has 0 aliphatic rings. The average molecular weight is 466 g/mol. The van der Waals surface area contributed by atoms with Crippen molar-refractivity contribution in [1.82, 2.24) is 10.3 Å². The van der Waals surface area contributed by atoms with Crippen molar-refractivity contribution in [2.45, 2.75) is 29.4 Å². The van der Waals surface area contributed by atoms with Crippen molar-refractivity contribution in [2.75, 3.05) is 0 Å². The molecular formula is C28H23N3O2S. The Morgan fingerprint density at radius 3 is 2.56 bits per heavy atom. The van der Waals surface area contributed by atoms with Gasteiger partial charge in [-0.25, -0.2) is 0 Å². The van der Waals surface area contributed by atoms with Gasteiger partial charge < -0.3 is 10.1 Å². The maximum atomic E-state index is 13.2. The molecule has 0 spiro atoms. The van der Waals surface area contributed by atoms with E-state index in [4.69, 9.17) is 4.74 Å². The van der Waals surface area contributed by atoms with E-state index in [1.807, 2.05) is 85.8 Å². The van der Waals surface area contributed by atoms with Gasteiger partial charge >= 0.3 is 0 Å². The fraction of sp³-hybridized carbons (Fsp3) is 0.107. The molecular weight excluding hydrogens is 442 g/mol. The Morgan fingerprint density at radius 1 is 1.00 bits per heavy atom. The van der Waals surface area contributed by atoms with E-state index in [2.05, 4.69) is 16.4 Å². The number of hydrogen-bond donors (Lipinski definition) is 1. The predicted octanol–water partition coefficient (Wildman–Crippen LogP) is 6.17. The Balaban J connectivity index is 1.46. The van der Waals surface area contributed by atoms with Crippen LogP contribution in [0.4, 0.5) is 0 Å². The van der Waals surface area contributed by atoms with Gasteiger partial charge in [0.25, 0.3) is 5.91 Å². The molecule has 0 fully saturated rings. The zero-order valence-corrected chi connectivity index (χ0v) is 19.5. The van der Waals surface area contributed by atoms with Crippen LogP contribution in [0.5, 0.6) is 5.75 Å². The maximum absolute atomic E-state index is 13.2. The molecule has 0 saturated heterocycles. The van der Waals surface area contributed by atoms with Gasteiger partial charge in [0.15, 0.2) is 0 Å². The van der Waals surface area contributed by atoms with Crippen LogP contribution >= 0.6 is 11.8 Å². The fourth-order valence-corrected chi connectivity index (χ4v) is 4.41. The molecule has 1 amide bonds. The lowest BCUT2D eigenvalue weighted by molar-refractivity contribution is 0.0937. The van der Waals surface area contributed by atoms with E-state index in [-0.39, 0.29) is 11.9 Å². The van der Waals surface area contributed by atoms with Gasteiger partial charge in [-0.3, -0.25) is 9.78 Å². The lowest BCUT2D eigenvalue weighted by atomic mass is 10.1. The number of rotatable bonds is 8. The van der Waals surface area contributed by atoms with E-state index < -0.39 is 0 Å². The summed E-state index contributed by atoms with van der Waals surface area (Å²) >= 11 is 1.41. The molecule has 6 heteroatoms. The molecule has 0 aliphatic carbocycles. The molecule has 1 N–H and O–H groups in total. The number of aromatic nitrogens is 1. The highest BCUT2D eigenvalue weighted by Crippen LogP contribution is 2.33. The SMILES string of the molecule is CC(NC(=O)c1ccccc1Sc1ccccc1C#N)c1cccc(OCc2ccccn2)c1. The van der Waals surface area contributed by atoms with Crippen LogP contribution in [0.1, 0.15) is 40.1 Å². The van der Waals surface area contributed by atoms with Gasteiger partial charge in [0.1, 0.15) is 18.4 Å². The van der Waals surface area contributed by atoms with E-state index in [0.29, 0.717) is 23.5 Å². The summed E-state index contributed by atoms with van der Waals surface area (Å²) in [5.74, 6) is 0.540. The number of nitrogens with zero attached hydrogens (tertiary/aromatic N) is 2. The smallest absolute Gasteiger partial charge is 0.252 e. The number of hydrogen-bond acceptors (Lipinski definition) is 5. The van der Waals surface area contributed by atoms with Crippen LogP contribution in [0.3, 0.4) is 0 Å². The minimum absolute atomic E-state index is 0.176. The van der Waals surface area contributed by atoms with Crippen LogP contribution in [0.15, 0.2) is 107 Å². The summed E-state index contributed by atoms with van der Waals surface area (Å²) in [4.78, 5) is 19.0. The van der Waals surface area contributed by atoms with Crippen LogP contribution < -0.4 is 10.1 Å². The van der Waals surface area contributed by atoms with E-state index in [1.165, 1.54) is 11.8 Å². The molecule has 34 heavy (non-hydrogen) atoms. The summed E-state index contributed by atoms with van der Waals surface area (Å²) in [6, 6.07) is 30.2. The number of ether oxygens (including phenoxy) is 1. The number of amides is 1. The topological polar surface area (TPSA) is 75.0 Å². The zero-order chi connectivity index (χ0) is 23.8. The standard InChI is InChI=1S/C28H23N3O2S/c1-20(21-10-8-12-24(17-21)33-19-23-11-6-7-16-30-23)31-28(32)25-13-3-5-15-27(25)34-26-14-4-2-9-22(26)18-29/h2-17,20H,19H2,1H3,(H,31,32). The Kier molecular flexibility index (Phi) is 7.59. The number of nitrogens with one attached hydrogen (secondary N) is 1. The third kappa shape index (κ3) is 5.83. The molecule has 0 bridgehead atoms. The molecule has 0 aliphatic heterocycles. The largest absolute Gasteiger partial charge is 0.487 e. The van der Waals surface area contributed by atoms with Gasteiger partial charge in [-0.2, -0.15) is 5.26 Å². The van der Waals surface area contributed by atoms with E-state index in [9.17, 15) is 10.1 Å². The second-order valence-electron chi connectivity index (χ2n) is 7.58. The number of carbonyl (C=O) groups excluding carboxylic acids is 1. The van der Waals surface area contributed by atoms with Crippen LogP contribution in [0.2, 0.25) is 0 Å². The van der Waals surface area contributed by atoms with Gasteiger partial charge in [0.05, 0.1) is 22.9 Å². The Bertz CT molecular complexity index is 1320. The first-order chi connectivity index (χ1) is 16.6. The molecule has 5 nitrogen and oxygen atoms in total. The molecule has 3 aromatic carbocycles. The summed E-state index contributed by atoms with van der Waals surface area (Å²) in [5.41, 5.74) is 2.93. The quantitative estimate of drug-likeness (QED) is 0.337. The van der Waals surface area contributed by atoms with Crippen LogP contribution in [0, 0.1) is 11.3 Å². The van der Waals surface area contributed by atoms with Crippen molar-refractivity contribution >= 4 is 17.7 Å². The normalized spacial score (nSPS) is 11.3. The lowest BCUT2D eigenvalue weighted by Gasteiger charge is -2.17. The second kappa shape index (κ2) is 11.2. The highest BCUT2D eigenvalue weighted by molar-refractivity contribution is 7.99. The summed E-state index contributed by atoms with van der Waals surface area (Å²) in [6.07, 6.45) is 1.74. The number of pyridine rings is 1. The monoisotopic (exact) mass is 465 g/mol. The molecule has 0 saturated carbocycles. The summed E-state index contributed by atoms with van der Waals surface area (Å²) < 4.78 is 5.87. The molecule has 168 valence electrons. The molecule has 1 unspecified atom stereocenters. The van der Waals surface area contributed by atoms with Crippen LogP contribution in [-0.4, -0.2) is 10.9 Å². The summed E-state index contributed by atoms with van der Waals surface area (Å²) in [6.45, 7) is 2.32. The summed E-state index contributed by atoms with van der Waals surface area (Å²) in [5, 5.41) is 12.5. The first kappa shape index (κ1) is 23.1. The number of carbonyl (C=O) groups is 1. The molecule has 4 aromatic rings. The lowest BCUT2D eigenvalue weighted by Crippen LogP contribution is -2.27. The van der Waals surface area contributed by atoms with Gasteiger partial charge in [0.2, 0.25) is 0 Å². The molecule has 0 radical (unpaired) electrons. The van der Waals surface area contributed by atoms with Gasteiger partial charge in [-0.1, -0.05) is 54.2 Å². The third-order valence-corrected chi connectivity index (χ3v) is 6.33. The minimum Gasteiger partial charge on any atom is -0.487 e. The summed E-state index contributed by atoms with van der Waals surface area (Å²) in [7, 11) is 0. The molecule has 1 aromatic heterocycles. The van der Waals surface area contributed by atoms with E-state index in [1.54, 1.807) is 18.3 Å². The molecule has 4 rings (SSSR count). The van der Waals surface area contributed by atoms with Crippen molar-refractivity contribution in [3.05, 3.63) is 120 Å². The predicted molar refractivity (Wildman–Crippen MR) is 133 cm³/mol. The molecule has 1 atom stereocenters. The van der Waals surface area contributed by atoms with Gasteiger partial charge in [-0.15, -0.1) is 0 Å². The van der Waals surface area contributed by atoms with Crippen molar-refractivity contribution in [2.24, 2.45) is 0 Å². The van der Waals surface area contributed by atoms with Gasteiger partial charge in [-0.05, 0) is 61.0 Å².